The van der Waals surface area contributed by atoms with Gasteiger partial charge in [-0.3, -0.25) is 0 Å². The molecule has 0 radical (unpaired) electrons. The Balaban J connectivity index is 1.44. The first-order chi connectivity index (χ1) is 20.8. The van der Waals surface area contributed by atoms with Gasteiger partial charge in [0.15, 0.2) is 0 Å². The fraction of sp³-hybridized carbons (Fsp3) is 0.250. The minimum atomic E-state index is -0.612. The van der Waals surface area contributed by atoms with Crippen LogP contribution in [0.3, 0.4) is 0 Å². The molecule has 0 N–H and O–H groups in total. The van der Waals surface area contributed by atoms with Crippen molar-refractivity contribution in [3.8, 4) is 0 Å². The second-order valence-electron chi connectivity index (χ2n) is 10.2. The summed E-state index contributed by atoms with van der Waals surface area (Å²) in [6, 6.07) is 39.3. The lowest BCUT2D eigenvalue weighted by atomic mass is 9.87. The van der Waals surface area contributed by atoms with Gasteiger partial charge in [-0.25, -0.2) is 4.79 Å². The van der Waals surface area contributed by atoms with Gasteiger partial charge in [0.25, 0.3) is 0 Å². The van der Waals surface area contributed by atoms with Crippen LogP contribution < -0.4 is 0 Å². The monoisotopic (exact) mass is 561 g/mol. The highest BCUT2D eigenvalue weighted by Crippen LogP contribution is 2.32. The molecule has 4 atom stereocenters. The van der Waals surface area contributed by atoms with Crippen molar-refractivity contribution in [3.05, 3.63) is 155 Å². The highest BCUT2D eigenvalue weighted by atomic mass is 16.6. The Morgan fingerprint density at radius 1 is 0.524 bits per heavy atom. The largest absolute Gasteiger partial charge is 0.372 e. The van der Waals surface area contributed by atoms with E-state index in [1.165, 1.54) is 0 Å². The normalized spacial score (nSPS) is 20.0. The highest BCUT2D eigenvalue weighted by Gasteiger charge is 2.43. The number of hydrogen-bond donors (Lipinski definition) is 0. The number of aliphatic imine (C=N–C) groups is 1. The van der Waals surface area contributed by atoms with Crippen molar-refractivity contribution in [1.29, 1.82) is 0 Å². The highest BCUT2D eigenvalue weighted by molar-refractivity contribution is 5.37. The average molecular weight is 562 g/mol. The number of hydrogen-bond acceptors (Lipinski definition) is 6. The van der Waals surface area contributed by atoms with Crippen LogP contribution in [0.2, 0.25) is 0 Å². The van der Waals surface area contributed by atoms with Crippen molar-refractivity contribution in [2.75, 3.05) is 6.61 Å². The van der Waals surface area contributed by atoms with E-state index < -0.39 is 24.4 Å². The lowest BCUT2D eigenvalue weighted by Gasteiger charge is -2.40. The molecule has 5 rings (SSSR count). The third-order valence-electron chi connectivity index (χ3n) is 7.13. The molecule has 0 amide bonds. The molecular weight excluding hydrogens is 526 g/mol. The molecule has 1 aliphatic carbocycles. The molecule has 1 aliphatic rings. The van der Waals surface area contributed by atoms with Crippen molar-refractivity contribution >= 4 is 6.08 Å². The van der Waals surface area contributed by atoms with E-state index in [9.17, 15) is 4.79 Å². The lowest BCUT2D eigenvalue weighted by molar-refractivity contribution is -0.151. The van der Waals surface area contributed by atoms with Crippen molar-refractivity contribution in [2.24, 2.45) is 4.99 Å². The van der Waals surface area contributed by atoms with Gasteiger partial charge in [0.2, 0.25) is 6.08 Å². The van der Waals surface area contributed by atoms with Crippen molar-refractivity contribution in [2.45, 2.75) is 50.8 Å². The third kappa shape index (κ3) is 8.43. The zero-order valence-corrected chi connectivity index (χ0v) is 23.5. The summed E-state index contributed by atoms with van der Waals surface area (Å²) in [5, 5.41) is 0. The van der Waals surface area contributed by atoms with Crippen LogP contribution in [0.25, 0.3) is 0 Å². The van der Waals surface area contributed by atoms with E-state index in [-0.39, 0.29) is 6.61 Å². The van der Waals surface area contributed by atoms with Gasteiger partial charge in [-0.05, 0) is 27.8 Å². The van der Waals surface area contributed by atoms with Crippen LogP contribution in [0.1, 0.15) is 22.3 Å². The number of ether oxygens (including phenoxy) is 4. The molecule has 0 unspecified atom stereocenters. The standard InChI is InChI=1S/C36H35NO5/c38-27-37-33-21-32(26-39-22-28-13-5-1-6-14-28)34(40-23-29-15-7-2-8-16-29)36(42-25-31-19-11-4-12-20-31)35(33)41-24-30-17-9-3-10-18-30/h1-21,33-36H,22-26H2/t33-,34+,35-,36-/m0/s1. The summed E-state index contributed by atoms with van der Waals surface area (Å²) < 4.78 is 25.8. The maximum Gasteiger partial charge on any atom is 0.235 e. The first-order valence-corrected chi connectivity index (χ1v) is 14.2. The van der Waals surface area contributed by atoms with E-state index in [1.54, 1.807) is 6.08 Å². The van der Waals surface area contributed by atoms with Gasteiger partial charge in [0, 0.05) is 0 Å². The zero-order valence-electron chi connectivity index (χ0n) is 23.5. The molecule has 6 heteroatoms. The molecule has 6 nitrogen and oxygen atoms in total. The topological polar surface area (TPSA) is 66.4 Å². The lowest BCUT2D eigenvalue weighted by Crippen LogP contribution is -2.52. The molecule has 214 valence electrons. The Bertz CT molecular complexity index is 1420. The number of carbonyl (C=O) groups excluding carboxylic acids is 1. The van der Waals surface area contributed by atoms with Crippen LogP contribution >= 0.6 is 0 Å². The van der Waals surface area contributed by atoms with Gasteiger partial charge in [0.1, 0.15) is 24.4 Å². The minimum Gasteiger partial charge on any atom is -0.372 e. The van der Waals surface area contributed by atoms with Crippen molar-refractivity contribution in [3.63, 3.8) is 0 Å². The van der Waals surface area contributed by atoms with E-state index in [2.05, 4.69) is 4.99 Å². The number of nitrogens with zero attached hydrogens (tertiary/aromatic N) is 1. The van der Waals surface area contributed by atoms with E-state index in [0.717, 1.165) is 27.8 Å². The molecule has 0 aliphatic heterocycles. The third-order valence-corrected chi connectivity index (χ3v) is 7.13. The fourth-order valence-corrected chi connectivity index (χ4v) is 5.02. The Morgan fingerprint density at radius 2 is 0.952 bits per heavy atom. The van der Waals surface area contributed by atoms with Gasteiger partial charge >= 0.3 is 0 Å². The second-order valence-corrected chi connectivity index (χ2v) is 10.2. The number of benzene rings is 4. The van der Waals surface area contributed by atoms with Gasteiger partial charge in [0.05, 0.1) is 33.0 Å². The Hall–Kier alpha value is -4.16. The van der Waals surface area contributed by atoms with Gasteiger partial charge in [-0.1, -0.05) is 127 Å². The predicted molar refractivity (Wildman–Crippen MR) is 161 cm³/mol. The molecule has 4 aromatic carbocycles. The molecule has 42 heavy (non-hydrogen) atoms. The molecule has 4 aromatic rings. The first-order valence-electron chi connectivity index (χ1n) is 14.2. The molecule has 0 saturated carbocycles. The Kier molecular flexibility index (Phi) is 11.0. The second kappa shape index (κ2) is 15.7. The van der Waals surface area contributed by atoms with Crippen molar-refractivity contribution in [1.82, 2.24) is 0 Å². The zero-order chi connectivity index (χ0) is 28.8. The van der Waals surface area contributed by atoms with Crippen molar-refractivity contribution < 1.29 is 23.7 Å². The molecule has 0 fully saturated rings. The Labute approximate surface area is 247 Å². The molecule has 0 spiro atoms. The van der Waals surface area contributed by atoms with Crippen LogP contribution in [0.5, 0.6) is 0 Å². The van der Waals surface area contributed by atoms with E-state index in [4.69, 9.17) is 18.9 Å². The Morgan fingerprint density at radius 3 is 1.43 bits per heavy atom. The average Bonchev–Trinajstić information content (AvgIpc) is 3.05. The van der Waals surface area contributed by atoms with Gasteiger partial charge in [-0.15, -0.1) is 0 Å². The number of isocyanates is 1. The van der Waals surface area contributed by atoms with Crippen LogP contribution in [-0.2, 0) is 50.2 Å². The van der Waals surface area contributed by atoms with Crippen LogP contribution in [0.15, 0.2) is 138 Å². The molecule has 0 bridgehead atoms. The van der Waals surface area contributed by atoms with Gasteiger partial charge in [-0.2, -0.15) is 4.99 Å². The summed E-state index contributed by atoms with van der Waals surface area (Å²) in [5.41, 5.74) is 4.99. The fourth-order valence-electron chi connectivity index (χ4n) is 5.02. The molecule has 0 saturated heterocycles. The maximum atomic E-state index is 11.6. The van der Waals surface area contributed by atoms with Crippen LogP contribution in [0.4, 0.5) is 0 Å². The smallest absolute Gasteiger partial charge is 0.235 e. The van der Waals surface area contributed by atoms with Gasteiger partial charge < -0.3 is 18.9 Å². The first kappa shape index (κ1) is 29.3. The SMILES string of the molecule is O=C=N[C@H]1C=C(COCc2ccccc2)[C@@H](OCc2ccccc2)[C@H](OCc2ccccc2)[C@H]1OCc1ccccc1. The summed E-state index contributed by atoms with van der Waals surface area (Å²) in [6.07, 6.45) is 2.01. The maximum absolute atomic E-state index is 11.6. The predicted octanol–water partition coefficient (Wildman–Crippen LogP) is 6.60. The van der Waals surface area contributed by atoms with E-state index in [0.29, 0.717) is 26.4 Å². The molecular formula is C36H35NO5. The summed E-state index contributed by atoms with van der Waals surface area (Å²) in [7, 11) is 0. The molecule has 0 heterocycles. The van der Waals surface area contributed by atoms with E-state index >= 15 is 0 Å². The number of rotatable bonds is 14. The summed E-state index contributed by atoms with van der Waals surface area (Å²) in [6.45, 7) is 1.78. The summed E-state index contributed by atoms with van der Waals surface area (Å²) >= 11 is 0. The quantitative estimate of drug-likeness (QED) is 0.0986. The molecule has 0 aromatic heterocycles. The summed E-state index contributed by atoms with van der Waals surface area (Å²) in [4.78, 5) is 15.8. The van der Waals surface area contributed by atoms with E-state index in [1.807, 2.05) is 127 Å². The van der Waals surface area contributed by atoms with Crippen LogP contribution in [-0.4, -0.2) is 37.0 Å². The van der Waals surface area contributed by atoms with Crippen LogP contribution in [0, 0.1) is 0 Å². The summed E-state index contributed by atoms with van der Waals surface area (Å²) in [5.74, 6) is 0. The minimum absolute atomic E-state index is 0.288.